The molecule has 180 valence electrons. The highest BCUT2D eigenvalue weighted by Crippen LogP contribution is 2.53. The second kappa shape index (κ2) is 8.18. The number of carbonyl (C=O) groups excluding carboxylic acids is 1. The molecule has 9 heteroatoms. The van der Waals surface area contributed by atoms with Crippen molar-refractivity contribution in [3.05, 3.63) is 126 Å². The van der Waals surface area contributed by atoms with E-state index in [4.69, 9.17) is 4.99 Å². The average molecular weight is 560 g/mol. The van der Waals surface area contributed by atoms with Gasteiger partial charge in [-0.05, 0) is 23.8 Å². The van der Waals surface area contributed by atoms with Crippen molar-refractivity contribution in [3.8, 4) is 0 Å². The summed E-state index contributed by atoms with van der Waals surface area (Å²) in [5.74, 6) is 0. The first-order chi connectivity index (χ1) is 17.4. The number of carbonyl (C=O) groups is 1. The number of fused-ring (bicyclic) bond motifs is 2. The van der Waals surface area contributed by atoms with Crippen molar-refractivity contribution in [2.24, 2.45) is 4.99 Å². The third-order valence-electron chi connectivity index (χ3n) is 6.94. The van der Waals surface area contributed by atoms with E-state index < -0.39 is 11.3 Å². The van der Waals surface area contributed by atoms with Crippen LogP contribution >= 0.6 is 27.3 Å². The molecule has 1 saturated heterocycles. The molecule has 0 radical (unpaired) electrons. The van der Waals surface area contributed by atoms with Gasteiger partial charge >= 0.3 is 6.03 Å². The second-order valence-corrected chi connectivity index (χ2v) is 10.7. The number of hydrogen-bond donors (Lipinski definition) is 1. The van der Waals surface area contributed by atoms with E-state index in [-0.39, 0.29) is 11.6 Å². The topological polar surface area (TPSA) is 69.9 Å². The van der Waals surface area contributed by atoms with Crippen LogP contribution in [0.4, 0.5) is 4.79 Å². The van der Waals surface area contributed by atoms with Crippen molar-refractivity contribution < 1.29 is 4.79 Å². The molecule has 6 rings (SSSR count). The van der Waals surface area contributed by atoms with Gasteiger partial charge in [-0.15, -0.1) is 0 Å². The summed E-state index contributed by atoms with van der Waals surface area (Å²) in [5.41, 5.74) is 3.50. The maximum Gasteiger partial charge on any atom is 0.324 e. The Bertz CT molecular complexity index is 1650. The summed E-state index contributed by atoms with van der Waals surface area (Å²) in [4.78, 5) is 36.3. The molecule has 3 aromatic carbocycles. The number of nitrogens with one attached hydrogen (secondary N) is 1. The number of thiazole rings is 1. The van der Waals surface area contributed by atoms with Gasteiger partial charge in [-0.25, -0.2) is 9.79 Å². The van der Waals surface area contributed by atoms with Crippen molar-refractivity contribution in [1.82, 2.24) is 14.5 Å². The number of benzene rings is 3. The van der Waals surface area contributed by atoms with Gasteiger partial charge in [0.1, 0.15) is 0 Å². The van der Waals surface area contributed by atoms with Crippen LogP contribution < -0.4 is 20.3 Å². The number of nitrogens with zero attached hydrogens (tertiary/aromatic N) is 4. The SMILES string of the molecule is CN1C(=O)N(C)[C@]2(c3ccccc3)N=c3s/c(=C\c4ccc(Br)cc4)c(=O)n3N[C@]12c1ccccc1. The highest BCUT2D eigenvalue weighted by atomic mass is 79.9. The summed E-state index contributed by atoms with van der Waals surface area (Å²) < 4.78 is 3.00. The van der Waals surface area contributed by atoms with E-state index >= 15 is 0 Å². The first-order valence-electron chi connectivity index (χ1n) is 11.4. The summed E-state index contributed by atoms with van der Waals surface area (Å²) in [5, 5.41) is 0. The quantitative estimate of drug-likeness (QED) is 0.418. The van der Waals surface area contributed by atoms with Crippen molar-refractivity contribution in [2.45, 2.75) is 11.3 Å². The molecule has 0 saturated carbocycles. The molecule has 1 aromatic heterocycles. The van der Waals surface area contributed by atoms with E-state index in [1.54, 1.807) is 23.9 Å². The first kappa shape index (κ1) is 22.8. The Kier molecular flexibility index (Phi) is 5.17. The predicted octanol–water partition coefficient (Wildman–Crippen LogP) is 3.38. The first-order valence-corrected chi connectivity index (χ1v) is 13.0. The van der Waals surface area contributed by atoms with E-state index in [1.807, 2.05) is 91.0 Å². The smallest absolute Gasteiger partial charge is 0.295 e. The average Bonchev–Trinajstić information content (AvgIpc) is 3.29. The van der Waals surface area contributed by atoms with Crippen LogP contribution in [-0.2, 0) is 11.3 Å². The van der Waals surface area contributed by atoms with E-state index in [1.165, 1.54) is 16.0 Å². The van der Waals surface area contributed by atoms with E-state index in [2.05, 4.69) is 21.4 Å². The molecule has 0 bridgehead atoms. The van der Waals surface area contributed by atoms with Crippen LogP contribution in [0.5, 0.6) is 0 Å². The second-order valence-electron chi connectivity index (χ2n) is 8.82. The van der Waals surface area contributed by atoms with Gasteiger partial charge < -0.3 is 0 Å². The molecule has 3 heterocycles. The van der Waals surface area contributed by atoms with Gasteiger partial charge in [-0.3, -0.25) is 20.0 Å². The predicted molar refractivity (Wildman–Crippen MR) is 144 cm³/mol. The van der Waals surface area contributed by atoms with E-state index in [0.717, 1.165) is 21.2 Å². The molecule has 2 aliphatic rings. The number of halogens is 1. The minimum Gasteiger partial charge on any atom is -0.295 e. The molecule has 2 amide bonds. The van der Waals surface area contributed by atoms with Gasteiger partial charge in [-0.2, -0.15) is 4.68 Å². The number of aromatic nitrogens is 1. The lowest BCUT2D eigenvalue weighted by Gasteiger charge is -2.49. The van der Waals surface area contributed by atoms with Crippen molar-refractivity contribution in [1.29, 1.82) is 0 Å². The lowest BCUT2D eigenvalue weighted by Crippen LogP contribution is -2.67. The molecule has 36 heavy (non-hydrogen) atoms. The van der Waals surface area contributed by atoms with Gasteiger partial charge in [0, 0.05) is 29.7 Å². The number of urea groups is 1. The Balaban J connectivity index is 1.70. The summed E-state index contributed by atoms with van der Waals surface area (Å²) in [6.45, 7) is 0. The van der Waals surface area contributed by atoms with Gasteiger partial charge in [0.05, 0.1) is 4.53 Å². The highest BCUT2D eigenvalue weighted by molar-refractivity contribution is 9.10. The van der Waals surface area contributed by atoms with Gasteiger partial charge in [-0.1, -0.05) is 100 Å². The number of amides is 2. The van der Waals surface area contributed by atoms with Crippen molar-refractivity contribution >= 4 is 39.4 Å². The Morgan fingerprint density at radius 3 is 2.11 bits per heavy atom. The molecular weight excluding hydrogens is 538 g/mol. The molecule has 1 fully saturated rings. The van der Waals surface area contributed by atoms with E-state index in [9.17, 15) is 9.59 Å². The number of hydrogen-bond acceptors (Lipinski definition) is 5. The van der Waals surface area contributed by atoms with Crippen LogP contribution in [0.1, 0.15) is 16.7 Å². The zero-order chi connectivity index (χ0) is 25.1. The third kappa shape index (κ3) is 2.99. The molecule has 0 aliphatic carbocycles. The Labute approximate surface area is 219 Å². The highest BCUT2D eigenvalue weighted by Gasteiger charge is 2.69. The maximum absolute atomic E-state index is 13.7. The summed E-state index contributed by atoms with van der Waals surface area (Å²) in [7, 11) is 3.51. The molecule has 1 N–H and O–H groups in total. The fraction of sp³-hybridized carbons (Fsp3) is 0.148. The number of likely N-dealkylation sites (N-methyl/N-ethyl adjacent to an activating group) is 2. The Hall–Kier alpha value is -3.69. The zero-order valence-electron chi connectivity index (χ0n) is 19.6. The zero-order valence-corrected chi connectivity index (χ0v) is 22.0. The minimum absolute atomic E-state index is 0.205. The lowest BCUT2D eigenvalue weighted by atomic mass is 9.80. The summed E-state index contributed by atoms with van der Waals surface area (Å²) >= 11 is 4.75. The van der Waals surface area contributed by atoms with Crippen molar-refractivity contribution in [2.75, 3.05) is 19.5 Å². The molecule has 0 unspecified atom stereocenters. The fourth-order valence-corrected chi connectivity index (χ4v) is 6.46. The van der Waals surface area contributed by atoms with Gasteiger partial charge in [0.2, 0.25) is 16.1 Å². The van der Waals surface area contributed by atoms with Gasteiger partial charge in [0.15, 0.2) is 0 Å². The molecule has 0 spiro atoms. The fourth-order valence-electron chi connectivity index (χ4n) is 5.23. The summed E-state index contributed by atoms with van der Waals surface area (Å²) in [6, 6.07) is 27.0. The third-order valence-corrected chi connectivity index (χ3v) is 8.44. The molecular formula is C27H22BrN5O2S. The van der Waals surface area contributed by atoms with E-state index in [0.29, 0.717) is 9.33 Å². The summed E-state index contributed by atoms with van der Waals surface area (Å²) in [6.07, 6.45) is 1.86. The normalized spacial score (nSPS) is 23.2. The standard InChI is InChI=1S/C27H22BrN5O2S/c1-31-25(35)32(2)27(20-11-7-4-8-12-20)26(31,19-9-5-3-6-10-19)29-24-33(30-27)23(34)22(36-24)17-18-13-15-21(28)16-14-18/h3-17,30H,1-2H3/b22-17-/t26-,27+/m0/s1. The monoisotopic (exact) mass is 559 g/mol. The largest absolute Gasteiger partial charge is 0.324 e. The number of rotatable bonds is 3. The van der Waals surface area contributed by atoms with Gasteiger partial charge in [0.25, 0.3) is 5.56 Å². The van der Waals surface area contributed by atoms with Crippen molar-refractivity contribution in [3.63, 3.8) is 0 Å². The van der Waals surface area contributed by atoms with Crippen LogP contribution in [0.15, 0.2) is 99.2 Å². The van der Waals surface area contributed by atoms with Crippen LogP contribution in [0.2, 0.25) is 0 Å². The Morgan fingerprint density at radius 2 is 1.47 bits per heavy atom. The Morgan fingerprint density at radius 1 is 0.861 bits per heavy atom. The lowest BCUT2D eigenvalue weighted by molar-refractivity contribution is 0.0648. The maximum atomic E-state index is 13.7. The molecule has 2 atom stereocenters. The molecule has 7 nitrogen and oxygen atoms in total. The minimum atomic E-state index is -1.17. The van der Waals surface area contributed by atoms with Crippen LogP contribution in [-0.4, -0.2) is 34.6 Å². The molecule has 2 aliphatic heterocycles. The van der Waals surface area contributed by atoms with Crippen LogP contribution in [0, 0.1) is 0 Å². The van der Waals surface area contributed by atoms with Crippen LogP contribution in [0.3, 0.4) is 0 Å². The molecule has 4 aromatic rings. The van der Waals surface area contributed by atoms with Crippen LogP contribution in [0.25, 0.3) is 6.08 Å².